The standard InChI is InChI=1S/C56H88O28/c1-19-8-9-56(74-17-19)20(2)34-29(84-56)11-25-23-7-6-22-10-28(26(60)13-54(22,4)24(23)12-33(62)55(25,34)5)76-51-43(71)40(68)45(32(16-59)79-51)80-53-48(47(38(66)31(15-58)78-53)82-49-41(69)36(64)27(61)18-73-49)83-52-44(72)46(37(65)30(14-57)77-52)81-50-42(70)39(67)35(63)21(3)75-50/h6,19-21,23-32,34-53,57-61,63-72H,7-18H2,1-5H3/t19-,20+,21+,23-,24+,25+,26-,27-,28-,29+,30-,31-,32-,34+,35+,36+,37-,38-,39-,40-,41-,42-,43-,44-,45+,46+,47+,48-,49+,50+,51-,52+,53+,54+,55-,56-/m1/s1. The van der Waals surface area contributed by atoms with Gasteiger partial charge in [0, 0.05) is 30.1 Å². The Morgan fingerprint density at radius 1 is 0.571 bits per heavy atom. The molecule has 0 aromatic carbocycles. The van der Waals surface area contributed by atoms with Crippen LogP contribution in [-0.2, 0) is 61.6 Å². The van der Waals surface area contributed by atoms with E-state index in [2.05, 4.69) is 33.8 Å². The Labute approximate surface area is 484 Å². The molecule has 0 bridgehead atoms. The highest BCUT2D eigenvalue weighted by molar-refractivity contribution is 5.87. The highest BCUT2D eigenvalue weighted by atomic mass is 16.8. The Bertz CT molecular complexity index is 2310. The van der Waals surface area contributed by atoms with Crippen molar-refractivity contribution in [3.63, 3.8) is 0 Å². The van der Waals surface area contributed by atoms with E-state index in [0.29, 0.717) is 25.4 Å². The molecule has 11 rings (SSSR count). The topological polar surface area (TPSA) is 431 Å². The minimum atomic E-state index is -2.16. The van der Waals surface area contributed by atoms with Crippen LogP contribution in [0.4, 0.5) is 0 Å². The van der Waals surface area contributed by atoms with Gasteiger partial charge >= 0.3 is 0 Å². The van der Waals surface area contributed by atoms with Crippen LogP contribution < -0.4 is 0 Å². The van der Waals surface area contributed by atoms with Crippen molar-refractivity contribution in [3.05, 3.63) is 11.6 Å². The summed E-state index contributed by atoms with van der Waals surface area (Å²) in [4.78, 5) is 14.8. The molecule has 0 unspecified atom stereocenters. The number of ketones is 1. The van der Waals surface area contributed by atoms with Crippen molar-refractivity contribution >= 4 is 5.78 Å². The van der Waals surface area contributed by atoms with Gasteiger partial charge in [0.25, 0.3) is 0 Å². The molecule has 36 atom stereocenters. The average Bonchev–Trinajstić information content (AvgIpc) is 1.48. The molecule has 0 radical (unpaired) electrons. The fourth-order valence-corrected chi connectivity index (χ4v) is 16.4. The summed E-state index contributed by atoms with van der Waals surface area (Å²) in [5.74, 6) is 0.133. The van der Waals surface area contributed by atoms with E-state index >= 15 is 0 Å². The smallest absolute Gasteiger partial charge is 0.187 e. The molecule has 3 saturated carbocycles. The summed E-state index contributed by atoms with van der Waals surface area (Å²) >= 11 is 0. The number of carbonyl (C=O) groups excluding carboxylic acids is 1. The highest BCUT2D eigenvalue weighted by Gasteiger charge is 2.72. The van der Waals surface area contributed by atoms with E-state index in [1.165, 1.54) is 6.92 Å². The van der Waals surface area contributed by atoms with Crippen LogP contribution in [-0.4, -0.2) is 287 Å². The molecular formula is C56H88O28. The molecule has 7 aliphatic heterocycles. The third-order valence-corrected chi connectivity index (χ3v) is 21.4. The molecule has 0 amide bonds. The lowest BCUT2D eigenvalue weighted by atomic mass is 9.46. The first-order chi connectivity index (χ1) is 39.8. The number of aliphatic hydroxyl groups excluding tert-OH is 15. The van der Waals surface area contributed by atoms with E-state index in [0.717, 1.165) is 24.8 Å². The van der Waals surface area contributed by atoms with E-state index in [-0.39, 0.29) is 54.3 Å². The molecule has 28 heteroatoms. The summed E-state index contributed by atoms with van der Waals surface area (Å²) < 4.78 is 72.9. The van der Waals surface area contributed by atoms with Gasteiger partial charge in [-0.25, -0.2) is 0 Å². The van der Waals surface area contributed by atoms with E-state index in [1.807, 2.05) is 0 Å². The summed E-state index contributed by atoms with van der Waals surface area (Å²) in [6.45, 7) is 7.09. The second-order valence-electron chi connectivity index (χ2n) is 26.3. The van der Waals surface area contributed by atoms with Gasteiger partial charge in [-0.15, -0.1) is 0 Å². The van der Waals surface area contributed by atoms with Gasteiger partial charge in [-0.2, -0.15) is 0 Å². The van der Waals surface area contributed by atoms with Crippen molar-refractivity contribution in [2.45, 2.75) is 251 Å². The summed E-state index contributed by atoms with van der Waals surface area (Å²) in [7, 11) is 0. The maximum atomic E-state index is 14.8. The summed E-state index contributed by atoms with van der Waals surface area (Å²) in [5, 5.41) is 166. The zero-order valence-electron chi connectivity index (χ0n) is 47.6. The van der Waals surface area contributed by atoms with Crippen molar-refractivity contribution in [1.82, 2.24) is 0 Å². The number of Topliss-reactive ketones (excluding diaryl/α,β-unsaturated/α-hetero) is 1. The Kier molecular flexibility index (Phi) is 18.6. The van der Waals surface area contributed by atoms with Crippen molar-refractivity contribution in [3.8, 4) is 0 Å². The van der Waals surface area contributed by atoms with Gasteiger partial charge in [-0.1, -0.05) is 39.3 Å². The van der Waals surface area contributed by atoms with Crippen LogP contribution in [0.25, 0.3) is 0 Å². The van der Waals surface area contributed by atoms with Crippen LogP contribution in [0.5, 0.6) is 0 Å². The van der Waals surface area contributed by atoms with E-state index < -0.39 is 203 Å². The van der Waals surface area contributed by atoms with Crippen molar-refractivity contribution < 1.29 is 138 Å². The molecule has 1 spiro atoms. The summed E-state index contributed by atoms with van der Waals surface area (Å²) in [6, 6.07) is 0. The van der Waals surface area contributed by atoms with Crippen LogP contribution in [0.3, 0.4) is 0 Å². The third kappa shape index (κ3) is 10.8. The van der Waals surface area contributed by atoms with Gasteiger partial charge in [0.2, 0.25) is 0 Å². The molecule has 0 aromatic rings. The monoisotopic (exact) mass is 1210 g/mol. The molecule has 4 aliphatic carbocycles. The number of hydrogen-bond donors (Lipinski definition) is 15. The van der Waals surface area contributed by atoms with Gasteiger partial charge in [0.15, 0.2) is 37.2 Å². The second-order valence-corrected chi connectivity index (χ2v) is 26.3. The van der Waals surface area contributed by atoms with Gasteiger partial charge < -0.3 is 133 Å². The number of allylic oxidation sites excluding steroid dienone is 1. The first-order valence-electron chi connectivity index (χ1n) is 29.8. The predicted molar refractivity (Wildman–Crippen MR) is 275 cm³/mol. The van der Waals surface area contributed by atoms with E-state index in [4.69, 9.17) is 56.8 Å². The fourth-order valence-electron chi connectivity index (χ4n) is 16.4. The lowest BCUT2D eigenvalue weighted by Crippen LogP contribution is -2.69. The molecule has 28 nitrogen and oxygen atoms in total. The third-order valence-electron chi connectivity index (χ3n) is 21.4. The first-order valence-corrected chi connectivity index (χ1v) is 29.8. The lowest BCUT2D eigenvalue weighted by Gasteiger charge is -2.58. The maximum absolute atomic E-state index is 14.8. The Hall–Kier alpha value is -1.67. The van der Waals surface area contributed by atoms with Crippen molar-refractivity contribution in [1.29, 1.82) is 0 Å². The molecule has 0 aromatic heterocycles. The summed E-state index contributed by atoms with van der Waals surface area (Å²) in [5.41, 5.74) is -0.229. The van der Waals surface area contributed by atoms with Crippen LogP contribution in [0.15, 0.2) is 11.6 Å². The number of hydrogen-bond acceptors (Lipinski definition) is 28. The largest absolute Gasteiger partial charge is 0.394 e. The van der Waals surface area contributed by atoms with Gasteiger partial charge in [-0.3, -0.25) is 4.79 Å². The Morgan fingerprint density at radius 3 is 1.85 bits per heavy atom. The number of fused-ring (bicyclic) bond motifs is 7. The van der Waals surface area contributed by atoms with Crippen LogP contribution >= 0.6 is 0 Å². The summed E-state index contributed by atoms with van der Waals surface area (Å²) in [6.07, 6.45) is -40.2. The number of carbonyl (C=O) groups is 1. The molecule has 84 heavy (non-hydrogen) atoms. The zero-order chi connectivity index (χ0) is 60.4. The van der Waals surface area contributed by atoms with Gasteiger partial charge in [-0.05, 0) is 68.1 Å². The van der Waals surface area contributed by atoms with Crippen LogP contribution in [0, 0.1) is 46.3 Å². The normalized spacial score (nSPS) is 56.8. The Morgan fingerprint density at radius 2 is 1.17 bits per heavy atom. The zero-order valence-corrected chi connectivity index (χ0v) is 47.6. The average molecular weight is 1210 g/mol. The highest BCUT2D eigenvalue weighted by Crippen LogP contribution is 2.70. The van der Waals surface area contributed by atoms with Gasteiger partial charge in [0.1, 0.15) is 116 Å². The van der Waals surface area contributed by atoms with Crippen LogP contribution in [0.2, 0.25) is 0 Å². The number of aliphatic hydroxyl groups is 15. The molecule has 15 N–H and O–H groups in total. The minimum absolute atomic E-state index is 0.0156. The van der Waals surface area contributed by atoms with Crippen LogP contribution in [0.1, 0.15) is 79.6 Å². The quantitative estimate of drug-likeness (QED) is 0.0766. The molecule has 10 fully saturated rings. The van der Waals surface area contributed by atoms with E-state index in [9.17, 15) is 81.4 Å². The molecule has 7 heterocycles. The molecule has 480 valence electrons. The lowest BCUT2D eigenvalue weighted by molar-refractivity contribution is -0.409. The number of ether oxygens (including phenoxy) is 12. The Balaban J connectivity index is 0.807. The SMILES string of the molecule is C[C@@H]1CC[C@@]2(OC1)O[C@H]1C[C@H]3[C@@H]4CC=C5C[C@@H](O[C@@H]6O[C@H](CO)[C@H](O[C@@H]7O[C@H](CO)[C@@H](O)[C@H](O[C@@H]8OC[C@@H](O)[C@H](O)[C@H]8O)[C@H]7O[C@@H]7O[C@H](CO)[C@@H](O)[C@H](O[C@@H]8O[C@@H](C)[C@H](O)[C@@H](O)[C@H]8O)[C@H]7O)[C@H](O)[C@H]6O)[C@H](O)C[C@]5(C)[C@H]4CC(=O)[C@]3(C)[C@H]1[C@@H]2C. The maximum Gasteiger partial charge on any atom is 0.187 e. The van der Waals surface area contributed by atoms with Crippen molar-refractivity contribution in [2.24, 2.45) is 46.3 Å². The van der Waals surface area contributed by atoms with E-state index in [1.54, 1.807) is 0 Å². The number of rotatable bonds is 13. The van der Waals surface area contributed by atoms with Crippen molar-refractivity contribution in [2.75, 3.05) is 33.0 Å². The molecular weight excluding hydrogens is 1120 g/mol. The molecule has 11 aliphatic rings. The minimum Gasteiger partial charge on any atom is -0.394 e. The second kappa shape index (κ2) is 24.5. The fraction of sp³-hybridized carbons (Fsp3) is 0.946. The van der Waals surface area contributed by atoms with Gasteiger partial charge in [0.05, 0.1) is 57.5 Å². The molecule has 7 saturated heterocycles. The first kappa shape index (κ1) is 63.9. The predicted octanol–water partition coefficient (Wildman–Crippen LogP) is -5.35.